The highest BCUT2D eigenvalue weighted by Gasteiger charge is 2.38. The Morgan fingerprint density at radius 1 is 0.973 bits per heavy atom. The summed E-state index contributed by atoms with van der Waals surface area (Å²) < 4.78 is 10.5. The first-order chi connectivity index (χ1) is 17.4. The van der Waals surface area contributed by atoms with Crippen LogP contribution < -0.4 is 11.1 Å². The zero-order valence-electron chi connectivity index (χ0n) is 21.5. The van der Waals surface area contributed by atoms with E-state index in [-0.39, 0.29) is 6.42 Å². The number of rotatable bonds is 10. The number of benzene rings is 2. The van der Waals surface area contributed by atoms with Gasteiger partial charge in [0.25, 0.3) is 0 Å². The number of hydrogen-bond donors (Lipinski definition) is 2. The Bertz CT molecular complexity index is 1180. The predicted octanol–water partition coefficient (Wildman–Crippen LogP) is 2.61. The van der Waals surface area contributed by atoms with Crippen LogP contribution in [0.1, 0.15) is 52.0 Å². The molecule has 1 fully saturated rings. The minimum atomic E-state index is -1.28. The first-order valence-corrected chi connectivity index (χ1v) is 12.4. The average Bonchev–Trinajstić information content (AvgIpc) is 3.32. The van der Waals surface area contributed by atoms with Crippen molar-refractivity contribution in [1.29, 1.82) is 0 Å². The first kappa shape index (κ1) is 27.8. The molecule has 3 N–H and O–H groups in total. The van der Waals surface area contributed by atoms with Crippen molar-refractivity contribution in [2.75, 3.05) is 6.61 Å². The molecule has 0 radical (unpaired) electrons. The number of ketones is 1. The molecule has 0 aliphatic heterocycles. The van der Waals surface area contributed by atoms with Gasteiger partial charge in [-0.05, 0) is 49.9 Å². The van der Waals surface area contributed by atoms with Crippen LogP contribution in [-0.2, 0) is 39.9 Å². The molecule has 37 heavy (non-hydrogen) atoms. The van der Waals surface area contributed by atoms with E-state index in [1.54, 1.807) is 20.8 Å². The number of amides is 2. The van der Waals surface area contributed by atoms with Gasteiger partial charge in [0.15, 0.2) is 12.4 Å². The quantitative estimate of drug-likeness (QED) is 0.468. The van der Waals surface area contributed by atoms with Crippen molar-refractivity contribution in [2.24, 2.45) is 17.6 Å². The van der Waals surface area contributed by atoms with Crippen LogP contribution in [0, 0.1) is 11.8 Å². The van der Waals surface area contributed by atoms with Gasteiger partial charge in [0.1, 0.15) is 11.6 Å². The van der Waals surface area contributed by atoms with Gasteiger partial charge in [0.05, 0.1) is 12.8 Å². The molecule has 0 heterocycles. The summed E-state index contributed by atoms with van der Waals surface area (Å²) >= 11 is 0. The fourth-order valence-corrected chi connectivity index (χ4v) is 4.59. The third kappa shape index (κ3) is 7.87. The zero-order chi connectivity index (χ0) is 27.2. The predicted molar refractivity (Wildman–Crippen MR) is 136 cm³/mol. The van der Waals surface area contributed by atoms with Crippen LogP contribution in [0.25, 0.3) is 10.8 Å². The van der Waals surface area contributed by atoms with E-state index in [0.717, 1.165) is 16.3 Å². The minimum Gasteiger partial charge on any atom is -0.460 e. The molecular weight excluding hydrogens is 476 g/mol. The number of Topliss-reactive ketones (excluding diaryl/α,β-unsaturated/α-hetero) is 1. The van der Waals surface area contributed by atoms with Gasteiger partial charge in [-0.15, -0.1) is 0 Å². The maximum atomic E-state index is 13.0. The second kappa shape index (κ2) is 12.0. The van der Waals surface area contributed by atoms with Crippen LogP contribution in [0.2, 0.25) is 0 Å². The molecule has 9 heteroatoms. The lowest BCUT2D eigenvalue weighted by Gasteiger charge is -2.24. The van der Waals surface area contributed by atoms with Crippen LogP contribution in [0.3, 0.4) is 0 Å². The summed E-state index contributed by atoms with van der Waals surface area (Å²) in [6.45, 7) is 4.43. The smallest absolute Gasteiger partial charge is 0.310 e. The third-order valence-electron chi connectivity index (χ3n) is 6.30. The molecule has 1 saturated carbocycles. The highest BCUT2D eigenvalue weighted by Crippen LogP contribution is 2.31. The molecule has 3 atom stereocenters. The fraction of sp³-hybridized carbons (Fsp3) is 0.464. The van der Waals surface area contributed by atoms with Gasteiger partial charge in [-0.2, -0.15) is 0 Å². The summed E-state index contributed by atoms with van der Waals surface area (Å²) in [6.07, 6.45) is 1.12. The van der Waals surface area contributed by atoms with Gasteiger partial charge in [0, 0.05) is 11.8 Å². The normalized spacial score (nSPS) is 18.1. The van der Waals surface area contributed by atoms with Crippen LogP contribution in [0.5, 0.6) is 0 Å². The van der Waals surface area contributed by atoms with E-state index in [1.807, 2.05) is 42.5 Å². The molecule has 1 aliphatic rings. The van der Waals surface area contributed by atoms with Gasteiger partial charge in [-0.25, -0.2) is 0 Å². The summed E-state index contributed by atoms with van der Waals surface area (Å²) in [5.74, 6) is -4.38. The number of primary amides is 1. The summed E-state index contributed by atoms with van der Waals surface area (Å²) in [6, 6.07) is 11.9. The molecule has 0 aromatic heterocycles. The maximum absolute atomic E-state index is 13.0. The second-order valence-electron chi connectivity index (χ2n) is 10.3. The van der Waals surface area contributed by atoms with Crippen molar-refractivity contribution in [1.82, 2.24) is 5.32 Å². The minimum absolute atomic E-state index is 0.0416. The van der Waals surface area contributed by atoms with Crippen LogP contribution in [0.4, 0.5) is 0 Å². The lowest BCUT2D eigenvalue weighted by Crippen LogP contribution is -2.48. The van der Waals surface area contributed by atoms with Gasteiger partial charge in [-0.3, -0.25) is 24.0 Å². The highest BCUT2D eigenvalue weighted by atomic mass is 16.6. The molecule has 198 valence electrons. The number of fused-ring (bicyclic) bond motifs is 1. The standard InChI is InChI=1S/C28H34N2O7/c1-28(2,3)37-25(33)15-22(30-27(35)21-13-7-12-20(21)26(29)34)23(31)16-36-24(32)14-18-10-6-9-17-8-4-5-11-19(17)18/h4-6,8-11,20-22H,7,12-16H2,1-3H3,(H2,29,34)(H,30,35). The zero-order valence-corrected chi connectivity index (χ0v) is 21.5. The Labute approximate surface area is 216 Å². The molecule has 2 aromatic carbocycles. The van der Waals surface area contributed by atoms with Crippen LogP contribution in [0.15, 0.2) is 42.5 Å². The van der Waals surface area contributed by atoms with Gasteiger partial charge in [0.2, 0.25) is 11.8 Å². The van der Waals surface area contributed by atoms with Crippen molar-refractivity contribution in [3.63, 3.8) is 0 Å². The lowest BCUT2D eigenvalue weighted by atomic mass is 9.94. The number of carbonyl (C=O) groups is 5. The summed E-state index contributed by atoms with van der Waals surface area (Å²) in [5, 5.41) is 4.45. The highest BCUT2D eigenvalue weighted by molar-refractivity contribution is 5.96. The molecule has 9 nitrogen and oxygen atoms in total. The first-order valence-electron chi connectivity index (χ1n) is 12.4. The van der Waals surface area contributed by atoms with Crippen molar-refractivity contribution >= 4 is 40.3 Å². The molecule has 3 rings (SSSR count). The number of carbonyl (C=O) groups excluding carboxylic acids is 5. The molecule has 0 bridgehead atoms. The molecule has 2 amide bonds. The molecule has 0 saturated heterocycles. The van der Waals surface area contributed by atoms with Gasteiger partial charge in [-0.1, -0.05) is 48.9 Å². The van der Waals surface area contributed by atoms with E-state index < -0.39 is 66.0 Å². The largest absolute Gasteiger partial charge is 0.460 e. The molecular formula is C28H34N2O7. The van der Waals surface area contributed by atoms with Crippen LogP contribution in [-0.4, -0.2) is 47.8 Å². The topological polar surface area (TPSA) is 142 Å². The van der Waals surface area contributed by atoms with Crippen molar-refractivity contribution in [2.45, 2.75) is 64.5 Å². The van der Waals surface area contributed by atoms with Crippen molar-refractivity contribution < 1.29 is 33.4 Å². The Morgan fingerprint density at radius 3 is 2.35 bits per heavy atom. The summed E-state index contributed by atoms with van der Waals surface area (Å²) in [7, 11) is 0. The fourth-order valence-electron chi connectivity index (χ4n) is 4.59. The maximum Gasteiger partial charge on any atom is 0.310 e. The SMILES string of the molecule is CC(C)(C)OC(=O)CC(NC(=O)C1CCCC1C(N)=O)C(=O)COC(=O)Cc1cccc2ccccc12. The van der Waals surface area contributed by atoms with Crippen molar-refractivity contribution in [3.8, 4) is 0 Å². The van der Waals surface area contributed by atoms with E-state index >= 15 is 0 Å². The summed E-state index contributed by atoms with van der Waals surface area (Å²) in [5.41, 5.74) is 5.40. The Balaban J connectivity index is 1.66. The Hall–Kier alpha value is -3.75. The third-order valence-corrected chi connectivity index (χ3v) is 6.30. The van der Waals surface area contributed by atoms with E-state index in [4.69, 9.17) is 15.2 Å². The number of nitrogens with one attached hydrogen (secondary N) is 1. The Morgan fingerprint density at radius 2 is 1.65 bits per heavy atom. The number of ether oxygens (including phenoxy) is 2. The number of nitrogens with two attached hydrogens (primary N) is 1. The molecule has 3 unspecified atom stereocenters. The van der Waals surface area contributed by atoms with Crippen molar-refractivity contribution in [3.05, 3.63) is 48.0 Å². The van der Waals surface area contributed by atoms with Crippen LogP contribution >= 0.6 is 0 Å². The molecule has 1 aliphatic carbocycles. The molecule has 0 spiro atoms. The lowest BCUT2D eigenvalue weighted by molar-refractivity contribution is -0.157. The molecule has 2 aromatic rings. The van der Waals surface area contributed by atoms with E-state index in [1.165, 1.54) is 0 Å². The summed E-state index contributed by atoms with van der Waals surface area (Å²) in [4.78, 5) is 62.6. The Kier molecular flexibility index (Phi) is 9.02. The van der Waals surface area contributed by atoms with E-state index in [0.29, 0.717) is 19.3 Å². The van der Waals surface area contributed by atoms with E-state index in [2.05, 4.69) is 5.32 Å². The van der Waals surface area contributed by atoms with Gasteiger partial charge < -0.3 is 20.5 Å². The van der Waals surface area contributed by atoms with E-state index in [9.17, 15) is 24.0 Å². The average molecular weight is 511 g/mol. The van der Waals surface area contributed by atoms with Gasteiger partial charge >= 0.3 is 11.9 Å². The number of esters is 2. The monoisotopic (exact) mass is 510 g/mol. The second-order valence-corrected chi connectivity index (χ2v) is 10.3. The number of hydrogen-bond acceptors (Lipinski definition) is 7.